The predicted molar refractivity (Wildman–Crippen MR) is 125 cm³/mol. The molecule has 0 unspecified atom stereocenters. The Morgan fingerprint density at radius 2 is 1.76 bits per heavy atom. The first kappa shape index (κ1) is 21.0. The highest BCUT2D eigenvalue weighted by Crippen LogP contribution is 2.27. The van der Waals surface area contributed by atoms with Gasteiger partial charge in [-0.1, -0.05) is 12.1 Å². The molecule has 0 radical (unpaired) electrons. The maximum Gasteiger partial charge on any atom is 0.227 e. The number of anilines is 3. The second kappa shape index (κ2) is 8.95. The Bertz CT molecular complexity index is 1270. The molecule has 4 aromatic rings. The molecule has 1 saturated heterocycles. The summed E-state index contributed by atoms with van der Waals surface area (Å²) in [6, 6.07) is 15.4. The molecule has 1 N–H and O–H groups in total. The third kappa shape index (κ3) is 4.54. The molecule has 0 bridgehead atoms. The van der Waals surface area contributed by atoms with Gasteiger partial charge in [-0.15, -0.1) is 0 Å². The van der Waals surface area contributed by atoms with Crippen molar-refractivity contribution >= 4 is 17.3 Å². The summed E-state index contributed by atoms with van der Waals surface area (Å²) in [5.74, 6) is 1.40. The van der Waals surface area contributed by atoms with Gasteiger partial charge in [0.15, 0.2) is 5.82 Å². The summed E-state index contributed by atoms with van der Waals surface area (Å²) in [6.45, 7) is 6.77. The van der Waals surface area contributed by atoms with Crippen molar-refractivity contribution < 1.29 is 9.13 Å². The van der Waals surface area contributed by atoms with Crippen LogP contribution in [0.1, 0.15) is 11.6 Å². The Kier molecular flexibility index (Phi) is 5.70. The van der Waals surface area contributed by atoms with Gasteiger partial charge in [0.05, 0.1) is 25.1 Å². The number of hydrogen-bond donors (Lipinski definition) is 1. The molecule has 9 heteroatoms. The van der Waals surface area contributed by atoms with Crippen LogP contribution in [-0.2, 0) is 4.74 Å². The summed E-state index contributed by atoms with van der Waals surface area (Å²) < 4.78 is 21.9. The summed E-state index contributed by atoms with van der Waals surface area (Å²) >= 11 is 0. The number of nitrogens with zero attached hydrogens (tertiary/aromatic N) is 6. The second-order valence-electron chi connectivity index (χ2n) is 7.83. The minimum Gasteiger partial charge on any atom is -0.378 e. The highest BCUT2D eigenvalue weighted by molar-refractivity contribution is 5.67. The lowest BCUT2D eigenvalue weighted by atomic mass is 10.1. The summed E-state index contributed by atoms with van der Waals surface area (Å²) in [7, 11) is 0. The molecule has 1 aliphatic rings. The van der Waals surface area contributed by atoms with Crippen molar-refractivity contribution in [2.24, 2.45) is 0 Å². The first-order valence-electron chi connectivity index (χ1n) is 10.8. The molecule has 33 heavy (non-hydrogen) atoms. The molecule has 5 rings (SSSR count). The van der Waals surface area contributed by atoms with Gasteiger partial charge >= 0.3 is 0 Å². The van der Waals surface area contributed by atoms with Crippen LogP contribution in [0.25, 0.3) is 16.9 Å². The number of morpholine rings is 1. The minimum atomic E-state index is -0.466. The highest BCUT2D eigenvalue weighted by atomic mass is 19.1. The first-order valence-corrected chi connectivity index (χ1v) is 10.8. The highest BCUT2D eigenvalue weighted by Gasteiger charge is 2.15. The normalized spacial score (nSPS) is 13.8. The number of ether oxygens (including phenoxy) is 1. The van der Waals surface area contributed by atoms with E-state index in [0.29, 0.717) is 24.7 Å². The molecular weight excluding hydrogens is 421 g/mol. The van der Waals surface area contributed by atoms with Crippen LogP contribution >= 0.6 is 0 Å². The van der Waals surface area contributed by atoms with Crippen LogP contribution in [0.5, 0.6) is 0 Å². The van der Waals surface area contributed by atoms with E-state index in [-0.39, 0.29) is 5.69 Å². The largest absolute Gasteiger partial charge is 0.378 e. The molecule has 1 aliphatic heterocycles. The van der Waals surface area contributed by atoms with E-state index in [2.05, 4.69) is 30.3 Å². The molecule has 2 aromatic heterocycles. The molecule has 0 atom stereocenters. The van der Waals surface area contributed by atoms with Crippen molar-refractivity contribution in [3.63, 3.8) is 0 Å². The van der Waals surface area contributed by atoms with Gasteiger partial charge in [-0.2, -0.15) is 5.10 Å². The smallest absolute Gasteiger partial charge is 0.227 e. The molecule has 168 valence electrons. The molecule has 0 saturated carbocycles. The van der Waals surface area contributed by atoms with Crippen molar-refractivity contribution in [1.29, 1.82) is 0 Å². The van der Waals surface area contributed by atoms with E-state index in [1.165, 1.54) is 6.20 Å². The van der Waals surface area contributed by atoms with Crippen LogP contribution < -0.4 is 10.2 Å². The van der Waals surface area contributed by atoms with Gasteiger partial charge in [0, 0.05) is 30.0 Å². The number of aromatic nitrogens is 5. The monoisotopic (exact) mass is 445 g/mol. The van der Waals surface area contributed by atoms with Gasteiger partial charge in [-0.25, -0.2) is 24.0 Å². The quantitative estimate of drug-likeness (QED) is 0.496. The second-order valence-corrected chi connectivity index (χ2v) is 7.83. The van der Waals surface area contributed by atoms with Gasteiger partial charge < -0.3 is 15.0 Å². The van der Waals surface area contributed by atoms with Crippen molar-refractivity contribution in [1.82, 2.24) is 24.7 Å². The molecule has 0 aliphatic carbocycles. The van der Waals surface area contributed by atoms with Crippen LogP contribution in [-0.4, -0.2) is 51.0 Å². The molecule has 0 spiro atoms. The van der Waals surface area contributed by atoms with E-state index in [9.17, 15) is 4.39 Å². The zero-order chi connectivity index (χ0) is 22.8. The fourth-order valence-corrected chi connectivity index (χ4v) is 3.88. The number of rotatable bonds is 5. The molecule has 3 heterocycles. The third-order valence-corrected chi connectivity index (χ3v) is 5.48. The van der Waals surface area contributed by atoms with Crippen LogP contribution in [0.2, 0.25) is 0 Å². The maximum atomic E-state index is 14.6. The van der Waals surface area contributed by atoms with E-state index >= 15 is 0 Å². The number of benzene rings is 2. The third-order valence-electron chi connectivity index (χ3n) is 5.48. The van der Waals surface area contributed by atoms with Gasteiger partial charge in [0.25, 0.3) is 0 Å². The van der Waals surface area contributed by atoms with E-state index in [1.54, 1.807) is 4.68 Å². The van der Waals surface area contributed by atoms with Crippen LogP contribution in [0, 0.1) is 19.7 Å². The van der Waals surface area contributed by atoms with E-state index in [4.69, 9.17) is 4.74 Å². The number of aryl methyl sites for hydroxylation is 2. The average Bonchev–Trinajstić information content (AvgIpc) is 3.19. The Balaban J connectivity index is 1.37. The maximum absolute atomic E-state index is 14.6. The number of nitrogens with one attached hydrogen (secondary N) is 1. The molecule has 2 aromatic carbocycles. The minimum absolute atomic E-state index is 0.257. The topological polar surface area (TPSA) is 81.0 Å². The standard InChI is InChI=1S/C24H24FN7O/c1-16-27-17(2)32(30-16)20-8-6-19(7-9-20)28-24-26-15-22(25)23(29-24)18-4-3-5-21(14-18)31-10-12-33-13-11-31/h3-9,14-15H,10-13H2,1-2H3,(H,26,28,29). The number of halogens is 1. The van der Waals surface area contributed by atoms with E-state index < -0.39 is 5.82 Å². The Labute approximate surface area is 191 Å². The SMILES string of the molecule is Cc1nc(C)n(-c2ccc(Nc3ncc(F)c(-c4cccc(N5CCOCC5)c4)n3)cc2)n1. The summed E-state index contributed by atoms with van der Waals surface area (Å²) in [5.41, 5.74) is 3.67. The lowest BCUT2D eigenvalue weighted by Gasteiger charge is -2.29. The van der Waals surface area contributed by atoms with Gasteiger partial charge in [0.1, 0.15) is 17.3 Å². The van der Waals surface area contributed by atoms with Crippen molar-refractivity contribution in [2.75, 3.05) is 36.5 Å². The zero-order valence-corrected chi connectivity index (χ0v) is 18.5. The predicted octanol–water partition coefficient (Wildman–Crippen LogP) is 4.06. The number of hydrogen-bond acceptors (Lipinski definition) is 7. The summed E-state index contributed by atoms with van der Waals surface area (Å²) in [5, 5.41) is 7.55. The van der Waals surface area contributed by atoms with Crippen molar-refractivity contribution in [3.05, 3.63) is 72.2 Å². The average molecular weight is 446 g/mol. The summed E-state index contributed by atoms with van der Waals surface area (Å²) in [4.78, 5) is 15.1. The summed E-state index contributed by atoms with van der Waals surface area (Å²) in [6.07, 6.45) is 1.20. The zero-order valence-electron chi connectivity index (χ0n) is 18.5. The molecule has 8 nitrogen and oxygen atoms in total. The first-order chi connectivity index (χ1) is 16.1. The fraction of sp³-hybridized carbons (Fsp3) is 0.250. The van der Waals surface area contributed by atoms with Crippen LogP contribution in [0.4, 0.5) is 21.7 Å². The van der Waals surface area contributed by atoms with Crippen molar-refractivity contribution in [3.8, 4) is 16.9 Å². The Morgan fingerprint density at radius 1 is 0.970 bits per heavy atom. The Hall–Kier alpha value is -3.85. The van der Waals surface area contributed by atoms with Gasteiger partial charge in [-0.3, -0.25) is 0 Å². The Morgan fingerprint density at radius 3 is 2.48 bits per heavy atom. The van der Waals surface area contributed by atoms with Gasteiger partial charge in [-0.05, 0) is 50.2 Å². The van der Waals surface area contributed by atoms with Crippen LogP contribution in [0.3, 0.4) is 0 Å². The molecule has 1 fully saturated rings. The molecular formula is C24H24FN7O. The van der Waals surface area contributed by atoms with Crippen LogP contribution in [0.15, 0.2) is 54.7 Å². The molecule has 0 amide bonds. The lowest BCUT2D eigenvalue weighted by molar-refractivity contribution is 0.122. The van der Waals surface area contributed by atoms with E-state index in [0.717, 1.165) is 41.8 Å². The fourth-order valence-electron chi connectivity index (χ4n) is 3.88. The van der Waals surface area contributed by atoms with Gasteiger partial charge in [0.2, 0.25) is 5.95 Å². The van der Waals surface area contributed by atoms with Crippen molar-refractivity contribution in [2.45, 2.75) is 13.8 Å². The van der Waals surface area contributed by atoms with E-state index in [1.807, 2.05) is 62.4 Å². The lowest BCUT2D eigenvalue weighted by Crippen LogP contribution is -2.36.